The van der Waals surface area contributed by atoms with Crippen molar-refractivity contribution in [3.05, 3.63) is 69.7 Å². The molecule has 1 aliphatic carbocycles. The first kappa shape index (κ1) is 23.2. The SMILES string of the molecule is CCCSNCCCc1ccc2c(c1)C(Cc1cccc(Cl)c1)C(N1CCCC1)CC2. The van der Waals surface area contributed by atoms with Gasteiger partial charge in [0.2, 0.25) is 0 Å². The number of benzene rings is 2. The van der Waals surface area contributed by atoms with Gasteiger partial charge in [0.15, 0.2) is 0 Å². The summed E-state index contributed by atoms with van der Waals surface area (Å²) in [6.07, 6.45) is 9.90. The highest BCUT2D eigenvalue weighted by molar-refractivity contribution is 7.97. The van der Waals surface area contributed by atoms with Crippen LogP contribution in [-0.2, 0) is 19.3 Å². The Balaban J connectivity index is 1.51. The van der Waals surface area contributed by atoms with Crippen LogP contribution in [0.2, 0.25) is 5.02 Å². The van der Waals surface area contributed by atoms with Crippen molar-refractivity contribution in [1.29, 1.82) is 0 Å². The lowest BCUT2D eigenvalue weighted by Gasteiger charge is -2.40. The molecule has 4 heteroatoms. The number of fused-ring (bicyclic) bond motifs is 1. The molecule has 2 aliphatic rings. The lowest BCUT2D eigenvalue weighted by atomic mass is 9.75. The standard InChI is InChI=1S/C27H37ClN2S/c1-2-17-31-29-14-6-8-21-10-11-23-12-13-27(30-15-3-4-16-30)26(25(23)19-21)20-22-7-5-9-24(28)18-22/h5,7,9-11,18-19,26-27,29H,2-4,6,8,12-17,20H2,1H3. The van der Waals surface area contributed by atoms with Crippen LogP contribution in [0.25, 0.3) is 0 Å². The third-order valence-electron chi connectivity index (χ3n) is 6.89. The average Bonchev–Trinajstić information content (AvgIpc) is 3.31. The summed E-state index contributed by atoms with van der Waals surface area (Å²) >= 11 is 8.20. The lowest BCUT2D eigenvalue weighted by Crippen LogP contribution is -2.41. The molecule has 4 rings (SSSR count). The van der Waals surface area contributed by atoms with Crippen LogP contribution in [0.4, 0.5) is 0 Å². The van der Waals surface area contributed by atoms with Gasteiger partial charge in [-0.1, -0.05) is 60.8 Å². The fourth-order valence-electron chi connectivity index (χ4n) is 5.37. The molecule has 0 saturated carbocycles. The summed E-state index contributed by atoms with van der Waals surface area (Å²) in [5, 5.41) is 0.855. The van der Waals surface area contributed by atoms with E-state index in [1.54, 1.807) is 11.1 Å². The highest BCUT2D eigenvalue weighted by Crippen LogP contribution is 2.39. The Bertz CT molecular complexity index is 834. The van der Waals surface area contributed by atoms with Crippen LogP contribution in [0, 0.1) is 0 Å². The first-order valence-electron chi connectivity index (χ1n) is 12.2. The Morgan fingerprint density at radius 1 is 1.10 bits per heavy atom. The molecule has 0 amide bonds. The van der Waals surface area contributed by atoms with Crippen LogP contribution in [0.15, 0.2) is 42.5 Å². The quantitative estimate of drug-likeness (QED) is 0.318. The molecule has 2 unspecified atom stereocenters. The summed E-state index contributed by atoms with van der Waals surface area (Å²) in [7, 11) is 0. The summed E-state index contributed by atoms with van der Waals surface area (Å²) in [4.78, 5) is 2.78. The highest BCUT2D eigenvalue weighted by Gasteiger charge is 2.34. The van der Waals surface area contributed by atoms with Crippen molar-refractivity contribution in [2.45, 2.75) is 70.3 Å². The summed E-state index contributed by atoms with van der Waals surface area (Å²) < 4.78 is 3.51. The predicted octanol–water partition coefficient (Wildman–Crippen LogP) is 6.66. The minimum absolute atomic E-state index is 0.568. The Kier molecular flexibility index (Phi) is 8.78. The van der Waals surface area contributed by atoms with E-state index in [1.165, 1.54) is 68.5 Å². The van der Waals surface area contributed by atoms with E-state index in [9.17, 15) is 0 Å². The van der Waals surface area contributed by atoms with Crippen LogP contribution >= 0.6 is 23.5 Å². The molecule has 0 radical (unpaired) electrons. The van der Waals surface area contributed by atoms with E-state index in [-0.39, 0.29) is 0 Å². The number of nitrogens with zero attached hydrogens (tertiary/aromatic N) is 1. The van der Waals surface area contributed by atoms with E-state index in [0.29, 0.717) is 12.0 Å². The minimum atomic E-state index is 0.568. The lowest BCUT2D eigenvalue weighted by molar-refractivity contribution is 0.188. The fourth-order valence-corrected chi connectivity index (χ4v) is 6.22. The van der Waals surface area contributed by atoms with Crippen molar-refractivity contribution >= 4 is 23.5 Å². The maximum Gasteiger partial charge on any atom is 0.0408 e. The Labute approximate surface area is 198 Å². The van der Waals surface area contributed by atoms with E-state index in [2.05, 4.69) is 52.9 Å². The smallest absolute Gasteiger partial charge is 0.0408 e. The van der Waals surface area contributed by atoms with E-state index < -0.39 is 0 Å². The molecule has 1 N–H and O–H groups in total. The molecule has 0 bridgehead atoms. The molecule has 168 valence electrons. The first-order valence-corrected chi connectivity index (χ1v) is 13.6. The van der Waals surface area contributed by atoms with Crippen LogP contribution in [-0.4, -0.2) is 36.3 Å². The second kappa shape index (κ2) is 11.7. The van der Waals surface area contributed by atoms with Gasteiger partial charge in [-0.05, 0) is 98.8 Å². The first-order chi connectivity index (χ1) is 15.2. The summed E-state index contributed by atoms with van der Waals surface area (Å²) in [6, 6.07) is 16.5. The zero-order valence-corrected chi connectivity index (χ0v) is 20.5. The molecule has 1 fully saturated rings. The van der Waals surface area contributed by atoms with E-state index >= 15 is 0 Å². The van der Waals surface area contributed by atoms with Crippen LogP contribution in [0.5, 0.6) is 0 Å². The van der Waals surface area contributed by atoms with Gasteiger partial charge in [0.25, 0.3) is 0 Å². The second-order valence-corrected chi connectivity index (χ2v) is 10.6. The van der Waals surface area contributed by atoms with Crippen LogP contribution in [0.3, 0.4) is 0 Å². The zero-order valence-electron chi connectivity index (χ0n) is 18.9. The number of rotatable bonds is 10. The molecule has 2 nitrogen and oxygen atoms in total. The molecule has 0 aromatic heterocycles. The van der Waals surface area contributed by atoms with Gasteiger partial charge >= 0.3 is 0 Å². The molecule has 2 aromatic carbocycles. The number of hydrogen-bond acceptors (Lipinski definition) is 3. The maximum atomic E-state index is 6.34. The summed E-state index contributed by atoms with van der Waals surface area (Å²) in [5.41, 5.74) is 6.05. The van der Waals surface area contributed by atoms with Crippen molar-refractivity contribution in [3.8, 4) is 0 Å². The minimum Gasteiger partial charge on any atom is -0.300 e. The number of likely N-dealkylation sites (tertiary alicyclic amines) is 1. The third-order valence-corrected chi connectivity index (χ3v) is 8.15. The third kappa shape index (κ3) is 6.28. The largest absolute Gasteiger partial charge is 0.300 e. The molecule has 1 saturated heterocycles. The van der Waals surface area contributed by atoms with Gasteiger partial charge in [0.1, 0.15) is 0 Å². The van der Waals surface area contributed by atoms with Crippen molar-refractivity contribution in [2.75, 3.05) is 25.4 Å². The van der Waals surface area contributed by atoms with Crippen molar-refractivity contribution < 1.29 is 0 Å². The Morgan fingerprint density at radius 3 is 2.77 bits per heavy atom. The van der Waals surface area contributed by atoms with Gasteiger partial charge in [-0.3, -0.25) is 9.62 Å². The van der Waals surface area contributed by atoms with Crippen LogP contribution in [0.1, 0.15) is 67.2 Å². The van der Waals surface area contributed by atoms with E-state index in [0.717, 1.165) is 24.4 Å². The number of hydrogen-bond donors (Lipinski definition) is 1. The van der Waals surface area contributed by atoms with Gasteiger partial charge in [-0.25, -0.2) is 0 Å². The number of aryl methyl sites for hydroxylation is 2. The van der Waals surface area contributed by atoms with Crippen molar-refractivity contribution in [2.24, 2.45) is 0 Å². The maximum absolute atomic E-state index is 6.34. The molecule has 2 aromatic rings. The van der Waals surface area contributed by atoms with Gasteiger partial charge in [0.05, 0.1) is 0 Å². The average molecular weight is 457 g/mol. The molecular weight excluding hydrogens is 420 g/mol. The molecule has 31 heavy (non-hydrogen) atoms. The molecular formula is C27H37ClN2S. The topological polar surface area (TPSA) is 15.3 Å². The highest BCUT2D eigenvalue weighted by atomic mass is 35.5. The zero-order chi connectivity index (χ0) is 21.5. The molecule has 0 spiro atoms. The van der Waals surface area contributed by atoms with Gasteiger partial charge in [-0.15, -0.1) is 0 Å². The molecule has 2 atom stereocenters. The predicted molar refractivity (Wildman–Crippen MR) is 136 cm³/mol. The molecule has 1 aliphatic heterocycles. The monoisotopic (exact) mass is 456 g/mol. The summed E-state index contributed by atoms with van der Waals surface area (Å²) in [6.45, 7) is 5.86. The second-order valence-electron chi connectivity index (χ2n) is 9.17. The van der Waals surface area contributed by atoms with E-state index in [1.807, 2.05) is 18.0 Å². The fraction of sp³-hybridized carbons (Fsp3) is 0.556. The molecule has 1 heterocycles. The Hall–Kier alpha value is -1.00. The number of nitrogens with one attached hydrogen (secondary N) is 1. The van der Waals surface area contributed by atoms with Crippen LogP contribution < -0.4 is 4.72 Å². The number of halogens is 1. The van der Waals surface area contributed by atoms with Gasteiger partial charge in [0, 0.05) is 29.3 Å². The van der Waals surface area contributed by atoms with Crippen molar-refractivity contribution in [3.63, 3.8) is 0 Å². The van der Waals surface area contributed by atoms with E-state index in [4.69, 9.17) is 11.6 Å². The Morgan fingerprint density at radius 2 is 1.97 bits per heavy atom. The normalized spacial score (nSPS) is 21.4. The van der Waals surface area contributed by atoms with Gasteiger partial charge < -0.3 is 0 Å². The van der Waals surface area contributed by atoms with Gasteiger partial charge in [-0.2, -0.15) is 0 Å². The summed E-state index contributed by atoms with van der Waals surface area (Å²) in [5.74, 6) is 1.76. The van der Waals surface area contributed by atoms with Crippen molar-refractivity contribution in [1.82, 2.24) is 9.62 Å².